The number of rotatable bonds is 5. The van der Waals surface area contributed by atoms with Crippen LogP contribution in [0.4, 0.5) is 5.69 Å². The zero-order chi connectivity index (χ0) is 14.7. The summed E-state index contributed by atoms with van der Waals surface area (Å²) < 4.78 is 12.0. The molecule has 0 amide bonds. The lowest BCUT2D eigenvalue weighted by molar-refractivity contribution is -0.0900. The topological polar surface area (TPSA) is 57.4 Å². The molecule has 2 N–H and O–H groups in total. The number of ether oxygens (including phenoxy) is 1. The largest absolute Gasteiger partial charge is 0.397 e. The molecule has 19 heavy (non-hydrogen) atoms. The smallest absolute Gasteiger partial charge is 0.196 e. The zero-order valence-corrected chi connectivity index (χ0v) is 13.9. The van der Waals surface area contributed by atoms with Crippen LogP contribution in [0.1, 0.15) is 39.7 Å². The highest BCUT2D eigenvalue weighted by molar-refractivity contribution is 6.74. The van der Waals surface area contributed by atoms with E-state index in [9.17, 15) is 0 Å². The molecule has 0 saturated heterocycles. The van der Waals surface area contributed by atoms with Crippen molar-refractivity contribution in [2.75, 3.05) is 12.3 Å². The molecule has 4 nitrogen and oxygen atoms in total. The van der Waals surface area contributed by atoms with Crippen molar-refractivity contribution in [3.05, 3.63) is 24.0 Å². The van der Waals surface area contributed by atoms with Crippen LogP contribution in [0.3, 0.4) is 0 Å². The predicted octanol–water partition coefficient (Wildman–Crippen LogP) is 3.72. The summed E-state index contributed by atoms with van der Waals surface area (Å²) in [5, 5.41) is 0.135. The number of aromatic nitrogens is 1. The van der Waals surface area contributed by atoms with Crippen LogP contribution in [-0.2, 0) is 9.16 Å². The normalized spacial score (nSPS) is 14.4. The van der Waals surface area contributed by atoms with Crippen LogP contribution >= 0.6 is 0 Å². The lowest BCUT2D eigenvalue weighted by Gasteiger charge is -2.38. The molecule has 0 aliphatic carbocycles. The molecule has 1 unspecified atom stereocenters. The summed E-state index contributed by atoms with van der Waals surface area (Å²) in [6.45, 7) is 13.6. The van der Waals surface area contributed by atoms with Crippen LogP contribution in [0.25, 0.3) is 0 Å². The fraction of sp³-hybridized carbons (Fsp3) is 0.643. The summed E-state index contributed by atoms with van der Waals surface area (Å²) >= 11 is 0. The molecule has 1 atom stereocenters. The van der Waals surface area contributed by atoms with Crippen LogP contribution in [-0.4, -0.2) is 19.9 Å². The Labute approximate surface area is 117 Å². The van der Waals surface area contributed by atoms with Crippen molar-refractivity contribution < 1.29 is 9.16 Å². The van der Waals surface area contributed by atoms with E-state index in [4.69, 9.17) is 14.9 Å². The second kappa shape index (κ2) is 6.03. The number of nitrogens with zero attached hydrogens (tertiary/aromatic N) is 1. The molecule has 1 aromatic heterocycles. The molecule has 1 rings (SSSR count). The monoisotopic (exact) mass is 282 g/mol. The highest BCUT2D eigenvalue weighted by Crippen LogP contribution is 2.39. The van der Waals surface area contributed by atoms with E-state index >= 15 is 0 Å². The number of hydrogen-bond acceptors (Lipinski definition) is 4. The van der Waals surface area contributed by atoms with E-state index in [1.807, 2.05) is 19.1 Å². The van der Waals surface area contributed by atoms with Crippen molar-refractivity contribution in [2.45, 2.75) is 52.1 Å². The SMILES string of the molecule is CCOC(O[Si](C)(C)C(C)(C)C)c1ccc(N)cn1. The van der Waals surface area contributed by atoms with Gasteiger partial charge in [0.1, 0.15) is 0 Å². The Morgan fingerprint density at radius 3 is 2.37 bits per heavy atom. The quantitative estimate of drug-likeness (QED) is 0.660. The Morgan fingerprint density at radius 2 is 1.95 bits per heavy atom. The van der Waals surface area contributed by atoms with E-state index in [1.165, 1.54) is 0 Å². The van der Waals surface area contributed by atoms with Gasteiger partial charge in [-0.05, 0) is 37.2 Å². The summed E-state index contributed by atoms with van der Waals surface area (Å²) in [5.74, 6) is 0. The van der Waals surface area contributed by atoms with Gasteiger partial charge in [-0.25, -0.2) is 0 Å². The van der Waals surface area contributed by atoms with Crippen molar-refractivity contribution in [1.29, 1.82) is 0 Å². The number of nitrogen functional groups attached to an aromatic ring is 1. The molecule has 1 aromatic rings. The maximum absolute atomic E-state index is 6.28. The van der Waals surface area contributed by atoms with Crippen LogP contribution in [0.5, 0.6) is 0 Å². The first-order valence-corrected chi connectivity index (χ1v) is 9.59. The van der Waals surface area contributed by atoms with Crippen molar-refractivity contribution in [2.24, 2.45) is 0 Å². The fourth-order valence-electron chi connectivity index (χ4n) is 1.33. The minimum absolute atomic E-state index is 0.135. The fourth-order valence-corrected chi connectivity index (χ4v) is 2.41. The van der Waals surface area contributed by atoms with E-state index in [2.05, 4.69) is 38.8 Å². The molecule has 0 fully saturated rings. The third-order valence-corrected chi connectivity index (χ3v) is 7.99. The summed E-state index contributed by atoms with van der Waals surface area (Å²) in [6.07, 6.45) is 1.22. The van der Waals surface area contributed by atoms with Crippen molar-refractivity contribution in [1.82, 2.24) is 4.98 Å². The van der Waals surface area contributed by atoms with Gasteiger partial charge in [0.25, 0.3) is 0 Å². The maximum Gasteiger partial charge on any atom is 0.196 e. The number of pyridine rings is 1. The highest BCUT2D eigenvalue weighted by atomic mass is 28.4. The van der Waals surface area contributed by atoms with Gasteiger partial charge in [0.15, 0.2) is 14.6 Å². The molecule has 0 aromatic carbocycles. The number of nitrogens with two attached hydrogens (primary N) is 1. The van der Waals surface area contributed by atoms with E-state index in [0.29, 0.717) is 12.3 Å². The molecule has 0 aliphatic rings. The van der Waals surface area contributed by atoms with Crippen LogP contribution in [0, 0.1) is 0 Å². The van der Waals surface area contributed by atoms with Gasteiger partial charge in [0, 0.05) is 6.61 Å². The Hall–Kier alpha value is -0.913. The Balaban J connectivity index is 2.93. The Morgan fingerprint density at radius 1 is 1.32 bits per heavy atom. The average Bonchev–Trinajstić information content (AvgIpc) is 2.27. The number of hydrogen-bond donors (Lipinski definition) is 1. The van der Waals surface area contributed by atoms with Crippen LogP contribution in [0.2, 0.25) is 18.1 Å². The molecule has 0 aliphatic heterocycles. The van der Waals surface area contributed by atoms with E-state index in [0.717, 1.165) is 5.69 Å². The summed E-state index contributed by atoms with van der Waals surface area (Å²) in [4.78, 5) is 4.31. The van der Waals surface area contributed by atoms with Gasteiger partial charge in [-0.1, -0.05) is 20.8 Å². The molecule has 0 saturated carbocycles. The molecule has 0 bridgehead atoms. The summed E-state index contributed by atoms with van der Waals surface area (Å²) in [5.41, 5.74) is 7.09. The molecular formula is C14H26N2O2Si. The summed E-state index contributed by atoms with van der Waals surface area (Å²) in [7, 11) is -1.90. The standard InChI is InChI=1S/C14H26N2O2Si/c1-7-17-13(12-9-8-11(15)10-16-12)18-19(5,6)14(2,3)4/h8-10,13H,7,15H2,1-6H3. The zero-order valence-electron chi connectivity index (χ0n) is 12.9. The second-order valence-electron chi connectivity index (χ2n) is 6.18. The lowest BCUT2D eigenvalue weighted by Crippen LogP contribution is -2.42. The molecule has 1 heterocycles. The third kappa shape index (κ3) is 4.30. The van der Waals surface area contributed by atoms with Gasteiger partial charge in [-0.2, -0.15) is 0 Å². The lowest BCUT2D eigenvalue weighted by atomic mass is 10.2. The predicted molar refractivity (Wildman–Crippen MR) is 81.3 cm³/mol. The number of anilines is 1. The van der Waals surface area contributed by atoms with Gasteiger partial charge < -0.3 is 14.9 Å². The molecule has 0 radical (unpaired) electrons. The Kier molecular flexibility index (Phi) is 5.12. The Bertz CT molecular complexity index is 399. The van der Waals surface area contributed by atoms with Gasteiger partial charge in [0.2, 0.25) is 0 Å². The minimum atomic E-state index is -1.90. The van der Waals surface area contributed by atoms with E-state index in [-0.39, 0.29) is 5.04 Å². The summed E-state index contributed by atoms with van der Waals surface area (Å²) in [6, 6.07) is 3.69. The van der Waals surface area contributed by atoms with Crippen molar-refractivity contribution in [3.8, 4) is 0 Å². The maximum atomic E-state index is 6.28. The second-order valence-corrected chi connectivity index (χ2v) is 10.9. The molecule has 108 valence electrons. The van der Waals surface area contributed by atoms with Crippen LogP contribution in [0.15, 0.2) is 18.3 Å². The first-order valence-electron chi connectivity index (χ1n) is 6.68. The van der Waals surface area contributed by atoms with Crippen LogP contribution < -0.4 is 5.73 Å². The third-order valence-electron chi connectivity index (χ3n) is 3.58. The van der Waals surface area contributed by atoms with Gasteiger partial charge in [-0.3, -0.25) is 4.98 Å². The van der Waals surface area contributed by atoms with Crippen molar-refractivity contribution in [3.63, 3.8) is 0 Å². The molecular weight excluding hydrogens is 256 g/mol. The van der Waals surface area contributed by atoms with Crippen molar-refractivity contribution >= 4 is 14.0 Å². The van der Waals surface area contributed by atoms with E-state index < -0.39 is 14.6 Å². The van der Waals surface area contributed by atoms with Gasteiger partial charge >= 0.3 is 0 Å². The average molecular weight is 282 g/mol. The first-order chi connectivity index (χ1) is 8.67. The highest BCUT2D eigenvalue weighted by Gasteiger charge is 2.40. The molecule has 5 heteroatoms. The van der Waals surface area contributed by atoms with Gasteiger partial charge in [0.05, 0.1) is 17.6 Å². The first kappa shape index (κ1) is 16.1. The molecule has 0 spiro atoms. The van der Waals surface area contributed by atoms with E-state index in [1.54, 1.807) is 6.20 Å². The van der Waals surface area contributed by atoms with Gasteiger partial charge in [-0.15, -0.1) is 0 Å². The minimum Gasteiger partial charge on any atom is -0.397 e.